The molecule has 0 amide bonds. The molecule has 2 aromatic carbocycles. The molecule has 0 bridgehead atoms. The van der Waals surface area contributed by atoms with Crippen molar-refractivity contribution in [3.05, 3.63) is 69.7 Å². The predicted molar refractivity (Wildman–Crippen MR) is 106 cm³/mol. The molecule has 2 aromatic rings. The molecule has 0 aliphatic carbocycles. The summed E-state index contributed by atoms with van der Waals surface area (Å²) in [5.74, 6) is 1.22. The van der Waals surface area contributed by atoms with Crippen LogP contribution in [0.1, 0.15) is 18.1 Å². The number of rotatable bonds is 7. The Balaban J connectivity index is 2.45. The first kappa shape index (κ1) is 19.1. The molecule has 3 nitrogen and oxygen atoms in total. The minimum atomic E-state index is 0.377. The molecule has 0 spiro atoms. The lowest BCUT2D eigenvalue weighted by Crippen LogP contribution is -2.00. The summed E-state index contributed by atoms with van der Waals surface area (Å²) in [6.07, 6.45) is 3.47. The molecule has 0 saturated carbocycles. The quantitative estimate of drug-likeness (QED) is 0.308. The Morgan fingerprint density at radius 3 is 2.60 bits per heavy atom. The lowest BCUT2D eigenvalue weighted by Gasteiger charge is -2.14. The zero-order chi connectivity index (χ0) is 18.2. The first-order valence-electron chi connectivity index (χ1n) is 7.66. The molecule has 0 radical (unpaired) electrons. The van der Waals surface area contributed by atoms with E-state index >= 15 is 0 Å². The molecule has 0 atom stereocenters. The van der Waals surface area contributed by atoms with E-state index in [-0.39, 0.29) is 0 Å². The average molecular weight is 419 g/mol. The molecule has 0 aliphatic heterocycles. The van der Waals surface area contributed by atoms with E-state index in [1.54, 1.807) is 24.3 Å². The van der Waals surface area contributed by atoms with E-state index in [2.05, 4.69) is 28.6 Å². The van der Waals surface area contributed by atoms with Gasteiger partial charge < -0.3 is 9.47 Å². The normalized spacial score (nSPS) is 10.9. The molecule has 0 aromatic heterocycles. The van der Waals surface area contributed by atoms with E-state index in [9.17, 15) is 5.26 Å². The van der Waals surface area contributed by atoms with Crippen molar-refractivity contribution in [3.8, 4) is 17.6 Å². The molecule has 25 heavy (non-hydrogen) atoms. The van der Waals surface area contributed by atoms with Gasteiger partial charge in [0.05, 0.1) is 22.7 Å². The van der Waals surface area contributed by atoms with Crippen molar-refractivity contribution < 1.29 is 9.47 Å². The fourth-order valence-electron chi connectivity index (χ4n) is 2.19. The maximum atomic E-state index is 9.49. The maximum absolute atomic E-state index is 9.49. The van der Waals surface area contributed by atoms with Crippen molar-refractivity contribution in [2.75, 3.05) is 13.2 Å². The van der Waals surface area contributed by atoms with Gasteiger partial charge in [0.2, 0.25) is 0 Å². The van der Waals surface area contributed by atoms with Crippen molar-refractivity contribution in [2.24, 2.45) is 0 Å². The molecule has 0 N–H and O–H groups in total. The van der Waals surface area contributed by atoms with E-state index in [0.29, 0.717) is 35.3 Å². The van der Waals surface area contributed by atoms with Gasteiger partial charge in [-0.1, -0.05) is 36.4 Å². The van der Waals surface area contributed by atoms with E-state index in [1.807, 2.05) is 31.2 Å². The van der Waals surface area contributed by atoms with E-state index in [1.165, 1.54) is 0 Å². The van der Waals surface area contributed by atoms with Crippen LogP contribution >= 0.6 is 27.5 Å². The van der Waals surface area contributed by atoms with Crippen LogP contribution in [0.5, 0.6) is 11.5 Å². The predicted octanol–water partition coefficient (Wildman–Crippen LogP) is 6.13. The maximum Gasteiger partial charge on any atom is 0.175 e. The number of ether oxygens (including phenoxy) is 2. The third-order valence-electron chi connectivity index (χ3n) is 3.26. The Labute approximate surface area is 161 Å². The molecule has 0 aliphatic rings. The zero-order valence-corrected chi connectivity index (χ0v) is 16.1. The summed E-state index contributed by atoms with van der Waals surface area (Å²) >= 11 is 9.42. The molecular weight excluding hydrogens is 402 g/mol. The second-order valence-electron chi connectivity index (χ2n) is 5.04. The third kappa shape index (κ3) is 5.12. The highest BCUT2D eigenvalue weighted by Gasteiger charge is 2.12. The molecule has 5 heteroatoms. The van der Waals surface area contributed by atoms with Gasteiger partial charge in [-0.05, 0) is 64.3 Å². The van der Waals surface area contributed by atoms with E-state index in [0.717, 1.165) is 15.6 Å². The van der Waals surface area contributed by atoms with Crippen LogP contribution in [-0.4, -0.2) is 13.2 Å². The van der Waals surface area contributed by atoms with Gasteiger partial charge in [0, 0.05) is 5.02 Å². The summed E-state index contributed by atoms with van der Waals surface area (Å²) in [4.78, 5) is 0. The number of halogens is 2. The molecule has 0 heterocycles. The van der Waals surface area contributed by atoms with Crippen molar-refractivity contribution in [1.82, 2.24) is 0 Å². The zero-order valence-electron chi connectivity index (χ0n) is 13.8. The second-order valence-corrected chi connectivity index (χ2v) is 6.33. The van der Waals surface area contributed by atoms with Crippen LogP contribution in [-0.2, 0) is 0 Å². The van der Waals surface area contributed by atoms with Crippen molar-refractivity contribution in [3.63, 3.8) is 0 Å². The Morgan fingerprint density at radius 1 is 1.28 bits per heavy atom. The van der Waals surface area contributed by atoms with Gasteiger partial charge in [-0.3, -0.25) is 0 Å². The Morgan fingerprint density at radius 2 is 2.00 bits per heavy atom. The fourth-order valence-corrected chi connectivity index (χ4v) is 2.89. The number of allylic oxidation sites excluding steroid dienone is 1. The second kappa shape index (κ2) is 9.31. The van der Waals surface area contributed by atoms with Gasteiger partial charge in [-0.2, -0.15) is 5.26 Å². The summed E-state index contributed by atoms with van der Waals surface area (Å²) in [7, 11) is 0. The third-order valence-corrected chi connectivity index (χ3v) is 4.10. The fraction of sp³-hybridized carbons (Fsp3) is 0.150. The van der Waals surface area contributed by atoms with Crippen LogP contribution in [0.4, 0.5) is 0 Å². The Kier molecular flexibility index (Phi) is 7.12. The molecule has 128 valence electrons. The number of nitriles is 1. The van der Waals surface area contributed by atoms with Crippen LogP contribution in [0.2, 0.25) is 5.02 Å². The Bertz CT molecular complexity index is 823. The molecule has 0 fully saturated rings. The standard InChI is InChI=1S/C20H17BrClNO2/c1-3-9-25-20-18(21)11-14(12-19(20)24-4-2)10-16(13-23)15-5-7-17(22)8-6-15/h3,5-8,10-12H,1,4,9H2,2H3. The van der Waals surface area contributed by atoms with E-state index < -0.39 is 0 Å². The lowest BCUT2D eigenvalue weighted by molar-refractivity contribution is 0.295. The minimum Gasteiger partial charge on any atom is -0.490 e. The minimum absolute atomic E-state index is 0.377. The van der Waals surface area contributed by atoms with Gasteiger partial charge in [0.25, 0.3) is 0 Å². The summed E-state index contributed by atoms with van der Waals surface area (Å²) in [5, 5.41) is 10.1. The highest BCUT2D eigenvalue weighted by molar-refractivity contribution is 9.10. The van der Waals surface area contributed by atoms with Gasteiger partial charge in [-0.25, -0.2) is 0 Å². The van der Waals surface area contributed by atoms with Gasteiger partial charge in [-0.15, -0.1) is 0 Å². The van der Waals surface area contributed by atoms with Gasteiger partial charge >= 0.3 is 0 Å². The topological polar surface area (TPSA) is 42.2 Å². The first-order chi connectivity index (χ1) is 12.1. The largest absolute Gasteiger partial charge is 0.490 e. The summed E-state index contributed by atoms with van der Waals surface area (Å²) in [5.41, 5.74) is 2.16. The van der Waals surface area contributed by atoms with E-state index in [4.69, 9.17) is 21.1 Å². The highest BCUT2D eigenvalue weighted by Crippen LogP contribution is 2.38. The van der Waals surface area contributed by atoms with Crippen LogP contribution in [0.25, 0.3) is 11.6 Å². The number of nitrogens with zero attached hydrogens (tertiary/aromatic N) is 1. The van der Waals surface area contributed by atoms with Crippen LogP contribution in [0.3, 0.4) is 0 Å². The summed E-state index contributed by atoms with van der Waals surface area (Å²) < 4.78 is 12.1. The van der Waals surface area contributed by atoms with Gasteiger partial charge in [0.15, 0.2) is 11.5 Å². The van der Waals surface area contributed by atoms with Crippen LogP contribution in [0.15, 0.2) is 53.5 Å². The van der Waals surface area contributed by atoms with Crippen molar-refractivity contribution in [1.29, 1.82) is 5.26 Å². The number of benzene rings is 2. The summed E-state index contributed by atoms with van der Waals surface area (Å²) in [6.45, 7) is 6.44. The van der Waals surface area contributed by atoms with Crippen LogP contribution in [0, 0.1) is 11.3 Å². The van der Waals surface area contributed by atoms with Crippen molar-refractivity contribution in [2.45, 2.75) is 6.92 Å². The molecule has 2 rings (SSSR count). The lowest BCUT2D eigenvalue weighted by atomic mass is 10.0. The van der Waals surface area contributed by atoms with Crippen molar-refractivity contribution >= 4 is 39.2 Å². The molecule has 0 saturated heterocycles. The smallest absolute Gasteiger partial charge is 0.175 e. The summed E-state index contributed by atoms with van der Waals surface area (Å²) in [6, 6.07) is 13.1. The molecular formula is C20H17BrClNO2. The number of hydrogen-bond acceptors (Lipinski definition) is 3. The Hall–Kier alpha value is -2.22. The highest BCUT2D eigenvalue weighted by atomic mass is 79.9. The monoisotopic (exact) mass is 417 g/mol. The number of hydrogen-bond donors (Lipinski definition) is 0. The molecule has 0 unspecified atom stereocenters. The van der Waals surface area contributed by atoms with Gasteiger partial charge in [0.1, 0.15) is 6.61 Å². The van der Waals surface area contributed by atoms with Crippen LogP contribution < -0.4 is 9.47 Å². The average Bonchev–Trinajstić information content (AvgIpc) is 2.60. The first-order valence-corrected chi connectivity index (χ1v) is 8.84. The SMILES string of the molecule is C=CCOc1c(Br)cc(C=C(C#N)c2ccc(Cl)cc2)cc1OCC.